The van der Waals surface area contributed by atoms with E-state index in [0.717, 1.165) is 43.6 Å². The number of anilines is 3. The summed E-state index contributed by atoms with van der Waals surface area (Å²) in [5.41, 5.74) is 2.15. The third-order valence-corrected chi connectivity index (χ3v) is 6.68. The van der Waals surface area contributed by atoms with Gasteiger partial charge in [0.25, 0.3) is 5.91 Å². The van der Waals surface area contributed by atoms with Gasteiger partial charge in [-0.15, -0.1) is 0 Å². The van der Waals surface area contributed by atoms with Crippen LogP contribution in [0.25, 0.3) is 11.3 Å². The summed E-state index contributed by atoms with van der Waals surface area (Å²) in [6, 6.07) is 9.93. The van der Waals surface area contributed by atoms with Crippen molar-refractivity contribution in [3.63, 3.8) is 0 Å². The average Bonchev–Trinajstić information content (AvgIpc) is 3.09. The molecular weight excluding hydrogens is 485 g/mol. The predicted octanol–water partition coefficient (Wildman–Crippen LogP) is 4.36. The molecule has 194 valence electrons. The lowest BCUT2D eigenvalue weighted by molar-refractivity contribution is -0.0493. The monoisotopic (exact) mass is 512 g/mol. The Kier molecular flexibility index (Phi) is 6.40. The van der Waals surface area contributed by atoms with Crippen molar-refractivity contribution in [3.05, 3.63) is 59.5 Å². The first-order valence-corrected chi connectivity index (χ1v) is 11.9. The first-order valence-electron chi connectivity index (χ1n) is 11.9. The zero-order valence-electron chi connectivity index (χ0n) is 20.7. The second kappa shape index (κ2) is 9.55. The van der Waals surface area contributed by atoms with Crippen molar-refractivity contribution in [1.82, 2.24) is 20.2 Å². The van der Waals surface area contributed by atoms with Crippen LogP contribution in [0, 0.1) is 5.82 Å². The zero-order valence-corrected chi connectivity index (χ0v) is 20.7. The maximum atomic E-state index is 14.8. The summed E-state index contributed by atoms with van der Waals surface area (Å²) < 4.78 is 45.7. The van der Waals surface area contributed by atoms with Gasteiger partial charge in [0.2, 0.25) is 5.95 Å². The number of alkyl halides is 2. The minimum atomic E-state index is -3.03. The summed E-state index contributed by atoms with van der Waals surface area (Å²) in [5, 5.41) is 5.81. The lowest BCUT2D eigenvalue weighted by atomic mass is 9.93. The molecule has 0 bridgehead atoms. The number of piperazine rings is 1. The number of carbonyl (C=O) groups excluding carboxylic acids is 1. The van der Waals surface area contributed by atoms with Crippen LogP contribution in [0.3, 0.4) is 0 Å². The number of halogens is 3. The van der Waals surface area contributed by atoms with Crippen molar-refractivity contribution in [2.45, 2.75) is 26.0 Å². The Bertz CT molecular complexity index is 1340. The molecule has 0 radical (unpaired) electrons. The van der Waals surface area contributed by atoms with Crippen LogP contribution in [0.1, 0.15) is 29.8 Å². The van der Waals surface area contributed by atoms with E-state index < -0.39 is 18.0 Å². The number of carbonyl (C=O) groups is 1. The van der Waals surface area contributed by atoms with Crippen molar-refractivity contribution >= 4 is 23.2 Å². The third-order valence-electron chi connectivity index (χ3n) is 6.68. The Labute approximate surface area is 212 Å². The van der Waals surface area contributed by atoms with Gasteiger partial charge in [0.1, 0.15) is 11.4 Å². The van der Waals surface area contributed by atoms with Gasteiger partial charge in [-0.3, -0.25) is 4.79 Å². The minimum absolute atomic E-state index is 0.00340. The zero-order chi connectivity index (χ0) is 26.3. The smallest absolute Gasteiger partial charge is 0.387 e. The average molecular weight is 513 g/mol. The van der Waals surface area contributed by atoms with E-state index in [1.165, 1.54) is 6.07 Å². The van der Waals surface area contributed by atoms with E-state index in [-0.39, 0.29) is 29.0 Å². The Morgan fingerprint density at radius 2 is 1.86 bits per heavy atom. The molecule has 0 unspecified atom stereocenters. The second-order valence-corrected chi connectivity index (χ2v) is 9.70. The number of fused-ring (bicyclic) bond motifs is 1. The van der Waals surface area contributed by atoms with Crippen LogP contribution in [0.5, 0.6) is 5.75 Å². The number of nitrogens with one attached hydrogen (secondary N) is 2. The van der Waals surface area contributed by atoms with Crippen LogP contribution in [0.2, 0.25) is 0 Å². The summed E-state index contributed by atoms with van der Waals surface area (Å²) in [4.78, 5) is 25.1. The van der Waals surface area contributed by atoms with Gasteiger partial charge in [0.05, 0.1) is 17.4 Å². The van der Waals surface area contributed by atoms with Gasteiger partial charge in [0, 0.05) is 43.0 Å². The molecular formula is C26H27F3N6O2. The number of aromatic nitrogens is 2. The number of rotatable bonds is 6. The molecule has 8 nitrogen and oxygen atoms in total. The van der Waals surface area contributed by atoms with Gasteiger partial charge in [-0.25, -0.2) is 14.4 Å². The molecule has 2 aliphatic heterocycles. The highest BCUT2D eigenvalue weighted by Crippen LogP contribution is 2.36. The lowest BCUT2D eigenvalue weighted by Gasteiger charge is -2.34. The van der Waals surface area contributed by atoms with Crippen molar-refractivity contribution in [2.75, 3.05) is 43.4 Å². The normalized spacial score (nSPS) is 17.1. The lowest BCUT2D eigenvalue weighted by Crippen LogP contribution is -2.44. The standard InChI is InChI=1S/C26H27F3N6O2/c1-26(2)18-6-4-15(12-17(18)23(36)33-26)22-19(27)14-30-25(32-22)31-20-13-16(5-7-21(20)37-24(28)29)35-10-8-34(3)9-11-35/h4-7,12-14,24H,8-11H2,1-3H3,(H,33,36)(H,30,31,32). The van der Waals surface area contributed by atoms with E-state index in [2.05, 4.69) is 30.4 Å². The first kappa shape index (κ1) is 24.8. The molecule has 1 fully saturated rings. The van der Waals surface area contributed by atoms with Crippen molar-refractivity contribution < 1.29 is 22.7 Å². The fourth-order valence-corrected chi connectivity index (χ4v) is 4.67. The molecule has 1 saturated heterocycles. The van der Waals surface area contributed by atoms with Gasteiger partial charge in [-0.05, 0) is 50.7 Å². The molecule has 0 aliphatic carbocycles. The Morgan fingerprint density at radius 1 is 1.11 bits per heavy atom. The van der Waals surface area contributed by atoms with Crippen LogP contribution in [-0.2, 0) is 5.54 Å². The molecule has 2 aromatic carbocycles. The number of benzene rings is 2. The highest BCUT2D eigenvalue weighted by molar-refractivity contribution is 6.01. The van der Waals surface area contributed by atoms with E-state index in [9.17, 15) is 18.0 Å². The van der Waals surface area contributed by atoms with Crippen molar-refractivity contribution in [3.8, 4) is 17.0 Å². The Balaban J connectivity index is 1.47. The van der Waals surface area contributed by atoms with Gasteiger partial charge in [0.15, 0.2) is 5.82 Å². The molecule has 1 amide bonds. The van der Waals surface area contributed by atoms with E-state index in [4.69, 9.17) is 4.74 Å². The van der Waals surface area contributed by atoms with Gasteiger partial charge < -0.3 is 25.2 Å². The fourth-order valence-electron chi connectivity index (χ4n) is 4.67. The molecule has 37 heavy (non-hydrogen) atoms. The molecule has 3 heterocycles. The summed E-state index contributed by atoms with van der Waals surface area (Å²) in [6.07, 6.45) is 1.000. The number of ether oxygens (including phenoxy) is 1. The molecule has 2 aliphatic rings. The molecule has 3 aromatic rings. The Morgan fingerprint density at radius 3 is 2.59 bits per heavy atom. The topological polar surface area (TPSA) is 82.6 Å². The SMILES string of the molecule is CN1CCN(c2ccc(OC(F)F)c(Nc3ncc(F)c(-c4ccc5c(c4)C(=O)NC5(C)C)n3)c2)CC1. The van der Waals surface area contributed by atoms with Crippen LogP contribution >= 0.6 is 0 Å². The van der Waals surface area contributed by atoms with Crippen LogP contribution in [0.4, 0.5) is 30.5 Å². The first-order chi connectivity index (χ1) is 17.6. The predicted molar refractivity (Wildman–Crippen MR) is 134 cm³/mol. The number of hydrogen-bond donors (Lipinski definition) is 2. The number of likely N-dealkylation sites (N-methyl/N-ethyl adjacent to an activating group) is 1. The molecule has 1 aromatic heterocycles. The molecule has 0 saturated carbocycles. The second-order valence-electron chi connectivity index (χ2n) is 9.70. The number of hydrogen-bond acceptors (Lipinski definition) is 7. The highest BCUT2D eigenvalue weighted by Gasteiger charge is 2.35. The van der Waals surface area contributed by atoms with Crippen LogP contribution in [0.15, 0.2) is 42.6 Å². The molecule has 2 N–H and O–H groups in total. The quantitative estimate of drug-likeness (QED) is 0.508. The largest absolute Gasteiger partial charge is 0.433 e. The van der Waals surface area contributed by atoms with Crippen LogP contribution < -0.4 is 20.3 Å². The maximum Gasteiger partial charge on any atom is 0.387 e. The summed E-state index contributed by atoms with van der Waals surface area (Å²) in [7, 11) is 2.04. The van der Waals surface area contributed by atoms with E-state index in [1.54, 1.807) is 30.3 Å². The van der Waals surface area contributed by atoms with E-state index in [0.29, 0.717) is 11.1 Å². The minimum Gasteiger partial charge on any atom is -0.433 e. The summed E-state index contributed by atoms with van der Waals surface area (Å²) in [6.45, 7) is 4.06. The summed E-state index contributed by atoms with van der Waals surface area (Å²) in [5.74, 6) is -1.02. The van der Waals surface area contributed by atoms with Gasteiger partial charge in [-0.1, -0.05) is 12.1 Å². The molecule has 5 rings (SSSR count). The van der Waals surface area contributed by atoms with Crippen molar-refractivity contribution in [2.24, 2.45) is 0 Å². The van der Waals surface area contributed by atoms with Crippen molar-refractivity contribution in [1.29, 1.82) is 0 Å². The van der Waals surface area contributed by atoms with Crippen LogP contribution in [-0.4, -0.2) is 60.6 Å². The Hall–Kier alpha value is -3.86. The van der Waals surface area contributed by atoms with Gasteiger partial charge >= 0.3 is 6.61 Å². The third kappa shape index (κ3) is 5.04. The molecule has 0 spiro atoms. The van der Waals surface area contributed by atoms with Gasteiger partial charge in [-0.2, -0.15) is 8.78 Å². The highest BCUT2D eigenvalue weighted by atomic mass is 19.3. The fraction of sp³-hybridized carbons (Fsp3) is 0.346. The molecule has 11 heteroatoms. The summed E-state index contributed by atoms with van der Waals surface area (Å²) >= 11 is 0. The maximum absolute atomic E-state index is 14.8. The van der Waals surface area contributed by atoms with E-state index >= 15 is 0 Å². The van der Waals surface area contributed by atoms with E-state index in [1.807, 2.05) is 20.9 Å². The number of nitrogens with zero attached hydrogens (tertiary/aromatic N) is 4. The number of amides is 1. The molecule has 0 atom stereocenters.